The fraction of sp³-hybridized carbons (Fsp3) is 0.118. The van der Waals surface area contributed by atoms with E-state index in [4.69, 9.17) is 0 Å². The minimum atomic E-state index is -1.58. The topological polar surface area (TPSA) is 121 Å². The van der Waals surface area contributed by atoms with Gasteiger partial charge in [0.2, 0.25) is 0 Å². The summed E-state index contributed by atoms with van der Waals surface area (Å²) in [4.78, 5) is 47.3. The molecule has 8 nitrogen and oxygen atoms in total. The van der Waals surface area contributed by atoms with Gasteiger partial charge in [-0.25, -0.2) is 0 Å². The first-order valence-electron chi connectivity index (χ1n) is 7.31. The summed E-state index contributed by atoms with van der Waals surface area (Å²) in [6, 6.07) is 10.2. The van der Waals surface area contributed by atoms with E-state index in [9.17, 15) is 29.6 Å². The van der Waals surface area contributed by atoms with Crippen LogP contribution in [0.5, 0.6) is 0 Å². The Bertz CT molecular complexity index is 899. The predicted molar refractivity (Wildman–Crippen MR) is 82.5 cm³/mol. The van der Waals surface area contributed by atoms with E-state index in [0.29, 0.717) is 10.5 Å². The summed E-state index contributed by atoms with van der Waals surface area (Å²) in [6.07, 6.45) is -0.114. The summed E-state index contributed by atoms with van der Waals surface area (Å²) in [5.74, 6) is -3.26. The van der Waals surface area contributed by atoms with Crippen molar-refractivity contribution in [3.05, 3.63) is 75.3 Å². The van der Waals surface area contributed by atoms with E-state index in [1.54, 1.807) is 30.3 Å². The molecule has 126 valence electrons. The summed E-state index contributed by atoms with van der Waals surface area (Å²) in [5, 5.41) is 22.4. The quantitative estimate of drug-likeness (QED) is 0.257. The van der Waals surface area contributed by atoms with Crippen molar-refractivity contribution in [2.24, 2.45) is 0 Å². The van der Waals surface area contributed by atoms with Crippen LogP contribution in [0.2, 0.25) is 0 Å². The number of nitro groups is 1. The van der Waals surface area contributed by atoms with Crippen LogP contribution in [-0.4, -0.2) is 33.6 Å². The standard InChI is InChI=1S/C17H12N2O6.Li/c20-15-12-7-6-11(19(24)25)9-13(12)16(21)18(15)14(17(22)23)8-10-4-2-1-3-5-10;/h1-7,9,14H,8H2,(H,22,23);/q;+1/p-1. The molecule has 1 aliphatic heterocycles. The number of nitrogens with zero attached hydrogens (tertiary/aromatic N) is 2. The third-order valence-electron chi connectivity index (χ3n) is 3.97. The second-order valence-corrected chi connectivity index (χ2v) is 5.49. The van der Waals surface area contributed by atoms with Crippen molar-refractivity contribution < 1.29 is 43.3 Å². The fourth-order valence-electron chi connectivity index (χ4n) is 2.76. The van der Waals surface area contributed by atoms with Gasteiger partial charge in [-0.2, -0.15) is 0 Å². The molecule has 0 aromatic heterocycles. The van der Waals surface area contributed by atoms with E-state index >= 15 is 0 Å². The molecule has 26 heavy (non-hydrogen) atoms. The third kappa shape index (κ3) is 3.38. The maximum Gasteiger partial charge on any atom is 1.00 e. The van der Waals surface area contributed by atoms with Crippen LogP contribution in [0.1, 0.15) is 26.3 Å². The van der Waals surface area contributed by atoms with E-state index in [2.05, 4.69) is 0 Å². The van der Waals surface area contributed by atoms with Crippen LogP contribution < -0.4 is 24.0 Å². The van der Waals surface area contributed by atoms with Crippen molar-refractivity contribution in [1.29, 1.82) is 0 Å². The van der Waals surface area contributed by atoms with Gasteiger partial charge in [-0.3, -0.25) is 24.6 Å². The minimum Gasteiger partial charge on any atom is -0.548 e. The number of amides is 2. The van der Waals surface area contributed by atoms with Gasteiger partial charge in [-0.15, -0.1) is 0 Å². The largest absolute Gasteiger partial charge is 1.00 e. The van der Waals surface area contributed by atoms with Gasteiger partial charge in [0.25, 0.3) is 17.5 Å². The number of non-ortho nitro benzene ring substituents is 1. The summed E-state index contributed by atoms with van der Waals surface area (Å²) < 4.78 is 0. The average molecular weight is 346 g/mol. The SMILES string of the molecule is O=C([O-])C(Cc1ccccc1)N1C(=O)c2ccc([N+](=O)[O-])cc2C1=O.[Li+]. The molecule has 3 rings (SSSR count). The maximum absolute atomic E-state index is 12.5. The molecule has 0 saturated heterocycles. The first-order chi connectivity index (χ1) is 11.9. The fourth-order valence-corrected chi connectivity index (χ4v) is 2.76. The van der Waals surface area contributed by atoms with Crippen LogP contribution in [0.3, 0.4) is 0 Å². The summed E-state index contributed by atoms with van der Waals surface area (Å²) in [7, 11) is 0. The molecular weight excluding hydrogens is 335 g/mol. The number of carboxylic acids is 1. The number of aliphatic carboxylic acids is 1. The monoisotopic (exact) mass is 346 g/mol. The number of imide groups is 1. The van der Waals surface area contributed by atoms with Gasteiger partial charge in [-0.05, 0) is 18.1 Å². The molecule has 1 unspecified atom stereocenters. The van der Waals surface area contributed by atoms with Gasteiger partial charge in [0.15, 0.2) is 0 Å². The molecule has 0 spiro atoms. The number of carbonyl (C=O) groups is 3. The van der Waals surface area contributed by atoms with E-state index in [-0.39, 0.29) is 42.1 Å². The van der Waals surface area contributed by atoms with Gasteiger partial charge in [-0.1, -0.05) is 30.3 Å². The molecule has 0 bridgehead atoms. The maximum atomic E-state index is 12.5. The number of carbonyl (C=O) groups excluding carboxylic acids is 3. The molecular formula is C17H11LiN2O6. The second-order valence-electron chi connectivity index (χ2n) is 5.49. The van der Waals surface area contributed by atoms with E-state index in [1.807, 2.05) is 0 Å². The smallest absolute Gasteiger partial charge is 0.548 e. The molecule has 2 aromatic rings. The number of nitro benzene ring substituents is 1. The molecule has 2 aromatic carbocycles. The molecule has 1 atom stereocenters. The number of rotatable bonds is 5. The van der Waals surface area contributed by atoms with Gasteiger partial charge in [0.1, 0.15) is 0 Å². The Morgan fingerprint density at radius 3 is 2.23 bits per heavy atom. The van der Waals surface area contributed by atoms with Crippen LogP contribution in [-0.2, 0) is 11.2 Å². The number of benzene rings is 2. The van der Waals surface area contributed by atoms with Gasteiger partial charge >= 0.3 is 18.9 Å². The van der Waals surface area contributed by atoms with Crippen molar-refractivity contribution >= 4 is 23.5 Å². The molecule has 0 fully saturated rings. The van der Waals surface area contributed by atoms with E-state index < -0.39 is 28.7 Å². The number of fused-ring (bicyclic) bond motifs is 1. The Kier molecular flexibility index (Phi) is 5.60. The molecule has 9 heteroatoms. The molecule has 0 radical (unpaired) electrons. The molecule has 0 aliphatic carbocycles. The van der Waals surface area contributed by atoms with Crippen LogP contribution in [0, 0.1) is 10.1 Å². The molecule has 0 saturated carbocycles. The number of carboxylic acid groups (broad SMARTS) is 1. The van der Waals surface area contributed by atoms with E-state index in [1.165, 1.54) is 0 Å². The van der Waals surface area contributed by atoms with Crippen LogP contribution in [0.25, 0.3) is 0 Å². The van der Waals surface area contributed by atoms with Crippen LogP contribution in [0.4, 0.5) is 5.69 Å². The first kappa shape index (κ1) is 19.4. The third-order valence-corrected chi connectivity index (χ3v) is 3.97. The van der Waals surface area contributed by atoms with Gasteiger partial charge in [0.05, 0.1) is 28.1 Å². The predicted octanol–water partition coefficient (Wildman–Crippen LogP) is -2.44. The molecule has 1 heterocycles. The zero-order valence-electron chi connectivity index (χ0n) is 13.7. The van der Waals surface area contributed by atoms with E-state index in [0.717, 1.165) is 18.2 Å². The average Bonchev–Trinajstić information content (AvgIpc) is 2.84. The molecule has 2 amide bonds. The van der Waals surface area contributed by atoms with Crippen LogP contribution in [0.15, 0.2) is 48.5 Å². The Morgan fingerprint density at radius 2 is 1.65 bits per heavy atom. The Hall–Kier alpha value is -2.95. The number of hydrogen-bond acceptors (Lipinski definition) is 6. The Balaban J connectivity index is 0.00000243. The second kappa shape index (κ2) is 7.52. The van der Waals surface area contributed by atoms with Crippen molar-refractivity contribution in [2.45, 2.75) is 12.5 Å². The molecule has 0 N–H and O–H groups in total. The van der Waals surface area contributed by atoms with Crippen molar-refractivity contribution in [1.82, 2.24) is 4.90 Å². The first-order valence-corrected chi connectivity index (χ1v) is 7.31. The zero-order chi connectivity index (χ0) is 18.1. The summed E-state index contributed by atoms with van der Waals surface area (Å²) >= 11 is 0. The Morgan fingerprint density at radius 1 is 1.04 bits per heavy atom. The summed E-state index contributed by atoms with van der Waals surface area (Å²) in [5.41, 5.74) is 0.0162. The van der Waals surface area contributed by atoms with Crippen molar-refractivity contribution in [2.75, 3.05) is 0 Å². The van der Waals surface area contributed by atoms with Crippen LogP contribution >= 0.6 is 0 Å². The van der Waals surface area contributed by atoms with Gasteiger partial charge < -0.3 is 9.90 Å². The van der Waals surface area contributed by atoms with Gasteiger partial charge in [0, 0.05) is 12.1 Å². The summed E-state index contributed by atoms with van der Waals surface area (Å²) in [6.45, 7) is 0. The van der Waals surface area contributed by atoms with Crippen molar-refractivity contribution in [3.63, 3.8) is 0 Å². The molecule has 1 aliphatic rings. The Labute approximate surface area is 159 Å². The number of hydrogen-bond donors (Lipinski definition) is 0. The van der Waals surface area contributed by atoms with Crippen molar-refractivity contribution in [3.8, 4) is 0 Å². The minimum absolute atomic E-state index is 0. The zero-order valence-corrected chi connectivity index (χ0v) is 13.7. The normalized spacial score (nSPS) is 13.8.